The van der Waals surface area contributed by atoms with Crippen molar-refractivity contribution in [1.82, 2.24) is 9.55 Å². The van der Waals surface area contributed by atoms with E-state index in [1.54, 1.807) is 10.6 Å². The summed E-state index contributed by atoms with van der Waals surface area (Å²) in [4.78, 5) is 28.9. The first-order valence-electron chi connectivity index (χ1n) is 8.37. The van der Waals surface area contributed by atoms with Crippen LogP contribution in [0, 0.1) is 11.3 Å². The van der Waals surface area contributed by atoms with Crippen molar-refractivity contribution >= 4 is 40.9 Å². The Balaban J connectivity index is 1.68. The highest BCUT2D eigenvalue weighted by Crippen LogP contribution is 2.22. The van der Waals surface area contributed by atoms with Gasteiger partial charge < -0.3 is 10.1 Å². The van der Waals surface area contributed by atoms with Gasteiger partial charge in [-0.1, -0.05) is 41.6 Å². The van der Waals surface area contributed by atoms with Crippen molar-refractivity contribution in [2.45, 2.75) is 5.16 Å². The van der Waals surface area contributed by atoms with Gasteiger partial charge in [0, 0.05) is 11.4 Å². The van der Waals surface area contributed by atoms with Crippen LogP contribution in [0.4, 0.5) is 5.69 Å². The topological polar surface area (TPSA) is 97.0 Å². The number of aromatic nitrogens is 2. The number of thioether (sulfide) groups is 1. The predicted molar refractivity (Wildman–Crippen MR) is 110 cm³/mol. The van der Waals surface area contributed by atoms with Crippen LogP contribution in [0.2, 0.25) is 5.02 Å². The third-order valence-electron chi connectivity index (χ3n) is 3.84. The number of amides is 1. The molecular formula is C20H15ClN4O3S. The van der Waals surface area contributed by atoms with Gasteiger partial charge in [-0.15, -0.1) is 0 Å². The molecule has 3 aromatic rings. The van der Waals surface area contributed by atoms with Crippen LogP contribution < -0.4 is 5.32 Å². The zero-order chi connectivity index (χ0) is 20.8. The van der Waals surface area contributed by atoms with E-state index >= 15 is 0 Å². The number of hydrogen-bond acceptors (Lipinski definition) is 6. The molecule has 0 bridgehead atoms. The van der Waals surface area contributed by atoms with Gasteiger partial charge in [-0.3, -0.25) is 9.36 Å². The van der Waals surface area contributed by atoms with Crippen LogP contribution in [0.5, 0.6) is 0 Å². The van der Waals surface area contributed by atoms with E-state index in [2.05, 4.69) is 10.3 Å². The normalized spacial score (nSPS) is 10.2. The Kier molecular flexibility index (Phi) is 6.54. The molecular weight excluding hydrogens is 412 g/mol. The summed E-state index contributed by atoms with van der Waals surface area (Å²) in [6.45, 7) is -0.481. The number of hydrogen-bond donors (Lipinski definition) is 1. The van der Waals surface area contributed by atoms with Gasteiger partial charge in [0.2, 0.25) is 0 Å². The van der Waals surface area contributed by atoms with E-state index in [0.29, 0.717) is 16.4 Å². The van der Waals surface area contributed by atoms with Crippen LogP contribution in [0.1, 0.15) is 16.1 Å². The highest BCUT2D eigenvalue weighted by Gasteiger charge is 2.20. The van der Waals surface area contributed by atoms with Crippen LogP contribution in [0.3, 0.4) is 0 Å². The molecule has 0 saturated heterocycles. The SMILES string of the molecule is CSc1ncc(C(=O)OCC(=O)Nc2ccc(C#N)c(Cl)c2)n1-c1ccccc1. The van der Waals surface area contributed by atoms with Crippen molar-refractivity contribution in [3.8, 4) is 11.8 Å². The average Bonchev–Trinajstić information content (AvgIpc) is 3.17. The van der Waals surface area contributed by atoms with E-state index in [4.69, 9.17) is 21.6 Å². The molecule has 7 nitrogen and oxygen atoms in total. The first-order valence-corrected chi connectivity index (χ1v) is 9.97. The standard InChI is InChI=1S/C20H15ClN4O3S/c1-29-20-23-11-17(25(20)15-5-3-2-4-6-15)19(27)28-12-18(26)24-14-8-7-13(10-22)16(21)9-14/h2-9,11H,12H2,1H3,(H,24,26). The minimum absolute atomic E-state index is 0.217. The molecule has 0 fully saturated rings. The fourth-order valence-electron chi connectivity index (χ4n) is 2.54. The molecule has 9 heteroatoms. The Labute approximate surface area is 176 Å². The Hall–Kier alpha value is -3.28. The molecule has 0 atom stereocenters. The quantitative estimate of drug-likeness (QED) is 0.474. The molecule has 1 amide bonds. The average molecular weight is 427 g/mol. The molecule has 0 aliphatic rings. The van der Waals surface area contributed by atoms with E-state index < -0.39 is 18.5 Å². The third-order valence-corrected chi connectivity index (χ3v) is 4.81. The van der Waals surface area contributed by atoms with Gasteiger partial charge in [0.15, 0.2) is 17.5 Å². The molecule has 0 aliphatic carbocycles. The molecule has 0 saturated carbocycles. The van der Waals surface area contributed by atoms with Crippen molar-refractivity contribution < 1.29 is 14.3 Å². The lowest BCUT2D eigenvalue weighted by atomic mass is 10.2. The molecule has 146 valence electrons. The van der Waals surface area contributed by atoms with Gasteiger partial charge in [0.05, 0.1) is 16.8 Å². The van der Waals surface area contributed by atoms with E-state index in [9.17, 15) is 9.59 Å². The lowest BCUT2D eigenvalue weighted by molar-refractivity contribution is -0.119. The number of nitrogens with zero attached hydrogens (tertiary/aromatic N) is 3. The summed E-state index contributed by atoms with van der Waals surface area (Å²) in [5, 5.41) is 12.3. The molecule has 0 unspecified atom stereocenters. The summed E-state index contributed by atoms with van der Waals surface area (Å²) in [5.41, 5.74) is 1.68. The second-order valence-electron chi connectivity index (χ2n) is 5.73. The van der Waals surface area contributed by atoms with Gasteiger partial charge >= 0.3 is 5.97 Å². The Morgan fingerprint density at radius 2 is 2.03 bits per heavy atom. The van der Waals surface area contributed by atoms with E-state index in [1.807, 2.05) is 42.7 Å². The fraction of sp³-hybridized carbons (Fsp3) is 0.100. The van der Waals surface area contributed by atoms with Crippen LogP contribution in [0.25, 0.3) is 5.69 Å². The van der Waals surface area contributed by atoms with E-state index in [1.165, 1.54) is 30.1 Å². The molecule has 1 N–H and O–H groups in total. The Morgan fingerprint density at radius 1 is 1.28 bits per heavy atom. The van der Waals surface area contributed by atoms with Crippen LogP contribution in [0.15, 0.2) is 59.9 Å². The van der Waals surface area contributed by atoms with Gasteiger partial charge in [-0.25, -0.2) is 9.78 Å². The first-order chi connectivity index (χ1) is 14.0. The maximum absolute atomic E-state index is 12.5. The third kappa shape index (κ3) is 4.77. The fourth-order valence-corrected chi connectivity index (χ4v) is 3.30. The number of ether oxygens (including phenoxy) is 1. The summed E-state index contributed by atoms with van der Waals surface area (Å²) in [6.07, 6.45) is 3.27. The Bertz CT molecular complexity index is 1090. The van der Waals surface area contributed by atoms with Crippen LogP contribution in [-0.2, 0) is 9.53 Å². The number of rotatable bonds is 6. The Morgan fingerprint density at radius 3 is 2.69 bits per heavy atom. The lowest BCUT2D eigenvalue weighted by Gasteiger charge is -2.11. The zero-order valence-corrected chi connectivity index (χ0v) is 16.8. The summed E-state index contributed by atoms with van der Waals surface area (Å²) >= 11 is 7.33. The lowest BCUT2D eigenvalue weighted by Crippen LogP contribution is -2.22. The van der Waals surface area contributed by atoms with Gasteiger partial charge in [-0.05, 0) is 36.6 Å². The first kappa shape index (κ1) is 20.5. The number of nitrogens with one attached hydrogen (secondary N) is 1. The minimum Gasteiger partial charge on any atom is -0.451 e. The zero-order valence-electron chi connectivity index (χ0n) is 15.3. The second-order valence-corrected chi connectivity index (χ2v) is 6.91. The smallest absolute Gasteiger partial charge is 0.357 e. The second kappa shape index (κ2) is 9.28. The molecule has 1 aromatic heterocycles. The predicted octanol–water partition coefficient (Wildman–Crippen LogP) is 3.91. The molecule has 0 radical (unpaired) electrons. The molecule has 3 rings (SSSR count). The highest BCUT2D eigenvalue weighted by atomic mass is 35.5. The maximum Gasteiger partial charge on any atom is 0.357 e. The largest absolute Gasteiger partial charge is 0.451 e. The van der Waals surface area contributed by atoms with Crippen LogP contribution >= 0.6 is 23.4 Å². The number of nitriles is 1. The molecule has 0 spiro atoms. The van der Waals surface area contributed by atoms with Gasteiger partial charge in [0.25, 0.3) is 5.91 Å². The number of para-hydroxylation sites is 1. The van der Waals surface area contributed by atoms with Crippen molar-refractivity contribution in [3.63, 3.8) is 0 Å². The number of carbonyl (C=O) groups excluding carboxylic acids is 2. The summed E-state index contributed by atoms with van der Waals surface area (Å²) in [6, 6.07) is 15.7. The van der Waals surface area contributed by atoms with Crippen LogP contribution in [-0.4, -0.2) is 34.3 Å². The maximum atomic E-state index is 12.5. The monoisotopic (exact) mass is 426 g/mol. The molecule has 0 aliphatic heterocycles. The number of imidazole rings is 1. The number of halogens is 1. The van der Waals surface area contributed by atoms with Crippen molar-refractivity contribution in [2.75, 3.05) is 18.2 Å². The molecule has 1 heterocycles. The van der Waals surface area contributed by atoms with Crippen molar-refractivity contribution in [3.05, 3.63) is 71.0 Å². The van der Waals surface area contributed by atoms with Crippen molar-refractivity contribution in [2.24, 2.45) is 0 Å². The highest BCUT2D eigenvalue weighted by molar-refractivity contribution is 7.98. The minimum atomic E-state index is -0.672. The summed E-state index contributed by atoms with van der Waals surface area (Å²) in [5.74, 6) is -1.20. The number of carbonyl (C=O) groups is 2. The molecule has 29 heavy (non-hydrogen) atoms. The number of esters is 1. The van der Waals surface area contributed by atoms with Gasteiger partial charge in [0.1, 0.15) is 6.07 Å². The van der Waals surface area contributed by atoms with E-state index in [0.717, 1.165) is 5.69 Å². The molecule has 2 aromatic carbocycles. The van der Waals surface area contributed by atoms with Crippen molar-refractivity contribution in [1.29, 1.82) is 5.26 Å². The van der Waals surface area contributed by atoms with E-state index in [-0.39, 0.29) is 10.7 Å². The number of benzene rings is 2. The summed E-state index contributed by atoms with van der Waals surface area (Å²) in [7, 11) is 0. The number of anilines is 1. The van der Waals surface area contributed by atoms with Gasteiger partial charge in [-0.2, -0.15) is 5.26 Å². The summed E-state index contributed by atoms with van der Waals surface area (Å²) < 4.78 is 6.82.